The Balaban J connectivity index is 1.80. The third kappa shape index (κ3) is 2.75. The van der Waals surface area contributed by atoms with Gasteiger partial charge in [0, 0.05) is 22.6 Å². The first kappa shape index (κ1) is 15.7. The van der Waals surface area contributed by atoms with Crippen LogP contribution in [0, 0.1) is 6.92 Å². The van der Waals surface area contributed by atoms with E-state index in [0.717, 1.165) is 22.6 Å². The Labute approximate surface area is 151 Å². The van der Waals surface area contributed by atoms with E-state index in [1.54, 1.807) is 17.2 Å². The highest BCUT2D eigenvalue weighted by atomic mass is 35.5. The summed E-state index contributed by atoms with van der Waals surface area (Å²) in [4.78, 5) is 19.2. The van der Waals surface area contributed by atoms with Gasteiger partial charge in [0.05, 0.1) is 11.3 Å². The van der Waals surface area contributed by atoms with Crippen LogP contribution in [0.5, 0.6) is 0 Å². The highest BCUT2D eigenvalue weighted by Gasteiger charge is 2.39. The average molecular weight is 350 g/mol. The van der Waals surface area contributed by atoms with E-state index in [9.17, 15) is 4.79 Å². The van der Waals surface area contributed by atoms with Crippen molar-refractivity contribution in [3.63, 3.8) is 0 Å². The van der Waals surface area contributed by atoms with Crippen LogP contribution < -0.4 is 10.2 Å². The molecule has 1 aliphatic rings. The Morgan fingerprint density at radius 3 is 2.64 bits per heavy atom. The van der Waals surface area contributed by atoms with Crippen LogP contribution in [0.15, 0.2) is 66.9 Å². The Bertz CT molecular complexity index is 943. The molecule has 0 bridgehead atoms. The summed E-state index contributed by atoms with van der Waals surface area (Å²) < 4.78 is 0. The molecule has 0 saturated carbocycles. The van der Waals surface area contributed by atoms with Crippen LogP contribution in [0.25, 0.3) is 0 Å². The maximum absolute atomic E-state index is 13.0. The Hall–Kier alpha value is -2.85. The number of pyridine rings is 1. The van der Waals surface area contributed by atoms with E-state index < -0.39 is 0 Å². The second kappa shape index (κ2) is 6.22. The minimum absolute atomic E-state index is 0.0570. The van der Waals surface area contributed by atoms with Crippen molar-refractivity contribution in [2.45, 2.75) is 13.1 Å². The van der Waals surface area contributed by atoms with Crippen LogP contribution in [0.1, 0.15) is 27.8 Å². The number of para-hydroxylation sites is 1. The lowest BCUT2D eigenvalue weighted by Crippen LogP contribution is -2.32. The summed E-state index contributed by atoms with van der Waals surface area (Å²) in [5, 5.41) is 4.14. The van der Waals surface area contributed by atoms with Crippen molar-refractivity contribution in [2.24, 2.45) is 0 Å². The number of hydrogen-bond donors (Lipinski definition) is 1. The molecule has 1 amide bonds. The molecule has 0 aliphatic carbocycles. The zero-order valence-corrected chi connectivity index (χ0v) is 14.4. The molecule has 1 N–H and O–H groups in total. The monoisotopic (exact) mass is 349 g/mol. The summed E-state index contributed by atoms with van der Waals surface area (Å²) in [6.45, 7) is 1.98. The zero-order chi connectivity index (χ0) is 17.4. The minimum atomic E-state index is -0.369. The van der Waals surface area contributed by atoms with Gasteiger partial charge in [-0.15, -0.1) is 0 Å². The van der Waals surface area contributed by atoms with Crippen molar-refractivity contribution in [3.05, 3.63) is 88.7 Å². The van der Waals surface area contributed by atoms with Crippen molar-refractivity contribution in [2.75, 3.05) is 10.2 Å². The minimum Gasteiger partial charge on any atom is -0.360 e. The van der Waals surface area contributed by atoms with Gasteiger partial charge in [-0.05, 0) is 55.0 Å². The predicted molar refractivity (Wildman–Crippen MR) is 100 cm³/mol. The van der Waals surface area contributed by atoms with Crippen molar-refractivity contribution in [3.8, 4) is 0 Å². The van der Waals surface area contributed by atoms with Gasteiger partial charge in [0.15, 0.2) is 6.17 Å². The third-order valence-electron chi connectivity index (χ3n) is 4.32. The molecule has 0 unspecified atom stereocenters. The van der Waals surface area contributed by atoms with Gasteiger partial charge in [-0.25, -0.2) is 0 Å². The van der Waals surface area contributed by atoms with E-state index in [1.165, 1.54) is 0 Å². The quantitative estimate of drug-likeness (QED) is 0.737. The number of halogens is 1. The number of rotatable bonds is 3. The lowest BCUT2D eigenvalue weighted by atomic mass is 10.1. The average Bonchev–Trinajstić information content (AvgIpc) is 2.91. The van der Waals surface area contributed by atoms with E-state index in [1.807, 2.05) is 61.5 Å². The molecule has 2 heterocycles. The molecule has 5 heteroatoms. The van der Waals surface area contributed by atoms with E-state index in [2.05, 4.69) is 10.3 Å². The van der Waals surface area contributed by atoms with Crippen LogP contribution in [0.2, 0.25) is 5.02 Å². The van der Waals surface area contributed by atoms with Gasteiger partial charge in [-0.2, -0.15) is 0 Å². The second-order valence-electron chi connectivity index (χ2n) is 5.95. The topological polar surface area (TPSA) is 45.2 Å². The number of carbonyl (C=O) groups excluding carboxylic acids is 1. The smallest absolute Gasteiger partial charge is 0.262 e. The first-order valence-corrected chi connectivity index (χ1v) is 8.39. The normalized spacial score (nSPS) is 16.0. The highest BCUT2D eigenvalue weighted by Crippen LogP contribution is 2.37. The number of aryl methyl sites for hydroxylation is 1. The maximum Gasteiger partial charge on any atom is 0.262 e. The number of nitrogens with one attached hydrogen (secondary N) is 1. The molecular weight excluding hydrogens is 334 g/mol. The van der Waals surface area contributed by atoms with Gasteiger partial charge in [0.25, 0.3) is 5.91 Å². The standard InChI is InChI=1S/C20H16ClN3O/c1-13-12-14(21)9-10-17(13)23-19-18-16(8-5-11-22-18)20(25)24(19)15-6-3-2-4-7-15/h2-12,19,23H,1H3/t19-/m0/s1. The molecule has 1 aliphatic heterocycles. The molecule has 25 heavy (non-hydrogen) atoms. The summed E-state index contributed by atoms with van der Waals surface area (Å²) in [6.07, 6.45) is 1.34. The van der Waals surface area contributed by atoms with Crippen molar-refractivity contribution >= 4 is 28.9 Å². The Morgan fingerprint density at radius 2 is 1.88 bits per heavy atom. The van der Waals surface area contributed by atoms with Crippen LogP contribution in [-0.2, 0) is 0 Å². The first-order chi connectivity index (χ1) is 12.1. The van der Waals surface area contributed by atoms with Gasteiger partial charge in [-0.3, -0.25) is 14.7 Å². The molecule has 0 spiro atoms. The summed E-state index contributed by atoms with van der Waals surface area (Å²) in [5.74, 6) is -0.0570. The lowest BCUT2D eigenvalue weighted by molar-refractivity contribution is 0.0993. The number of fused-ring (bicyclic) bond motifs is 1. The first-order valence-electron chi connectivity index (χ1n) is 8.01. The van der Waals surface area contributed by atoms with Crippen molar-refractivity contribution in [1.82, 2.24) is 4.98 Å². The fraction of sp³-hybridized carbons (Fsp3) is 0.100. The molecular formula is C20H16ClN3O. The summed E-state index contributed by atoms with van der Waals surface area (Å²) >= 11 is 6.06. The second-order valence-corrected chi connectivity index (χ2v) is 6.39. The Kier molecular flexibility index (Phi) is 3.90. The number of amides is 1. The predicted octanol–water partition coefficient (Wildman–Crippen LogP) is 4.81. The number of aromatic nitrogens is 1. The molecule has 1 aromatic heterocycles. The van der Waals surface area contributed by atoms with Crippen LogP contribution in [0.3, 0.4) is 0 Å². The zero-order valence-electron chi connectivity index (χ0n) is 13.6. The van der Waals surface area contributed by atoms with E-state index in [4.69, 9.17) is 11.6 Å². The third-order valence-corrected chi connectivity index (χ3v) is 4.56. The SMILES string of the molecule is Cc1cc(Cl)ccc1N[C@@H]1c2ncccc2C(=O)N1c1ccccc1. The summed E-state index contributed by atoms with van der Waals surface area (Å²) in [7, 11) is 0. The van der Waals surface area contributed by atoms with Gasteiger partial charge >= 0.3 is 0 Å². The molecule has 4 rings (SSSR count). The van der Waals surface area contributed by atoms with Crippen molar-refractivity contribution < 1.29 is 4.79 Å². The lowest BCUT2D eigenvalue weighted by Gasteiger charge is -2.27. The molecule has 0 saturated heterocycles. The number of nitrogens with zero attached hydrogens (tertiary/aromatic N) is 2. The maximum atomic E-state index is 13.0. The molecule has 0 fully saturated rings. The van der Waals surface area contributed by atoms with Crippen LogP contribution in [0.4, 0.5) is 11.4 Å². The highest BCUT2D eigenvalue weighted by molar-refractivity contribution is 6.30. The molecule has 3 aromatic rings. The van der Waals surface area contributed by atoms with Crippen LogP contribution in [-0.4, -0.2) is 10.9 Å². The van der Waals surface area contributed by atoms with Gasteiger partial charge in [0.2, 0.25) is 0 Å². The van der Waals surface area contributed by atoms with Gasteiger partial charge in [0.1, 0.15) is 0 Å². The van der Waals surface area contributed by atoms with Crippen LogP contribution >= 0.6 is 11.6 Å². The molecule has 4 nitrogen and oxygen atoms in total. The van der Waals surface area contributed by atoms with E-state index in [0.29, 0.717) is 10.6 Å². The number of hydrogen-bond acceptors (Lipinski definition) is 3. The van der Waals surface area contributed by atoms with E-state index in [-0.39, 0.29) is 12.1 Å². The van der Waals surface area contributed by atoms with E-state index >= 15 is 0 Å². The molecule has 0 radical (unpaired) electrons. The summed E-state index contributed by atoms with van der Waals surface area (Å²) in [5.41, 5.74) is 4.11. The summed E-state index contributed by atoms with van der Waals surface area (Å²) in [6, 6.07) is 18.9. The fourth-order valence-electron chi connectivity index (χ4n) is 3.11. The molecule has 1 atom stereocenters. The van der Waals surface area contributed by atoms with Crippen molar-refractivity contribution in [1.29, 1.82) is 0 Å². The number of anilines is 2. The number of carbonyl (C=O) groups is 1. The van der Waals surface area contributed by atoms with Gasteiger partial charge < -0.3 is 5.32 Å². The largest absolute Gasteiger partial charge is 0.360 e. The fourth-order valence-corrected chi connectivity index (χ4v) is 3.34. The molecule has 2 aromatic carbocycles. The molecule has 124 valence electrons. The number of benzene rings is 2. The Morgan fingerprint density at radius 1 is 1.08 bits per heavy atom. The van der Waals surface area contributed by atoms with Gasteiger partial charge in [-0.1, -0.05) is 29.8 Å².